The molecule has 2 N–H and O–H groups in total. The van der Waals surface area contributed by atoms with Gasteiger partial charge in [-0.3, -0.25) is 10.1 Å². The van der Waals surface area contributed by atoms with Crippen LogP contribution in [0.15, 0.2) is 6.33 Å². The molecule has 8 nitrogen and oxygen atoms in total. The molecule has 0 unspecified atom stereocenters. The molecule has 25 heavy (non-hydrogen) atoms. The minimum atomic E-state index is -0.354. The lowest BCUT2D eigenvalue weighted by Crippen LogP contribution is -2.60. The summed E-state index contributed by atoms with van der Waals surface area (Å²) in [6, 6.07) is 0.117. The molecule has 0 bridgehead atoms. The maximum absolute atomic E-state index is 11.7. The molecule has 2 aliphatic rings. The van der Waals surface area contributed by atoms with E-state index in [0.29, 0.717) is 11.6 Å². The number of nitrogens with zero attached hydrogens (tertiary/aromatic N) is 4. The van der Waals surface area contributed by atoms with Crippen LogP contribution in [-0.2, 0) is 0 Å². The molecule has 1 aromatic heterocycles. The highest BCUT2D eigenvalue weighted by Crippen LogP contribution is 2.36. The molecule has 0 atom stereocenters. The van der Waals surface area contributed by atoms with Gasteiger partial charge < -0.3 is 15.5 Å². The predicted molar refractivity (Wildman–Crippen MR) is 98.1 cm³/mol. The zero-order chi connectivity index (χ0) is 18.2. The Morgan fingerprint density at radius 3 is 2.36 bits per heavy atom. The number of hydrogen-bond acceptors (Lipinski definition) is 7. The highest BCUT2D eigenvalue weighted by atomic mass is 16.6. The number of aromatic nitrogens is 2. The zero-order valence-electron chi connectivity index (χ0n) is 15.5. The molecule has 0 saturated carbocycles. The predicted octanol–water partition coefficient (Wildman–Crippen LogP) is 2.71. The Balaban J connectivity index is 1.89. The highest BCUT2D eigenvalue weighted by Gasteiger charge is 2.39. The topological polar surface area (TPSA) is 96.2 Å². The average Bonchev–Trinajstić information content (AvgIpc) is 2.97. The van der Waals surface area contributed by atoms with Gasteiger partial charge in [0.1, 0.15) is 6.33 Å². The maximum atomic E-state index is 11.7. The number of piperidine rings is 1. The molecule has 2 aliphatic heterocycles. The third kappa shape index (κ3) is 4.00. The fourth-order valence-corrected chi connectivity index (χ4v) is 4.42. The van der Waals surface area contributed by atoms with E-state index in [1.807, 2.05) is 4.90 Å². The van der Waals surface area contributed by atoms with E-state index in [4.69, 9.17) is 0 Å². The van der Waals surface area contributed by atoms with Crippen molar-refractivity contribution in [3.8, 4) is 0 Å². The van der Waals surface area contributed by atoms with Gasteiger partial charge in [-0.25, -0.2) is 9.97 Å². The van der Waals surface area contributed by atoms with E-state index in [9.17, 15) is 10.1 Å². The number of rotatable bonds is 4. The van der Waals surface area contributed by atoms with Crippen LogP contribution in [0.1, 0.15) is 53.4 Å². The standard InChI is InChI=1S/C17H28N6O2/c1-16(2)9-12(10-17(3,4)21-16)20-14-13(23(24)25)15(19-11-18-14)22-7-5-6-8-22/h11-12,21H,5-10H2,1-4H3,(H,18,19,20). The first kappa shape index (κ1) is 17.8. The molecule has 0 aromatic carbocycles. The van der Waals surface area contributed by atoms with Crippen molar-refractivity contribution >= 4 is 17.3 Å². The Hall–Kier alpha value is -1.96. The van der Waals surface area contributed by atoms with Crippen molar-refractivity contribution in [3.63, 3.8) is 0 Å². The Bertz CT molecular complexity index is 639. The van der Waals surface area contributed by atoms with E-state index in [1.54, 1.807) is 0 Å². The summed E-state index contributed by atoms with van der Waals surface area (Å²) in [4.78, 5) is 21.8. The molecule has 0 aliphatic carbocycles. The van der Waals surface area contributed by atoms with Gasteiger partial charge in [-0.15, -0.1) is 0 Å². The monoisotopic (exact) mass is 348 g/mol. The van der Waals surface area contributed by atoms with Crippen molar-refractivity contribution < 1.29 is 4.92 Å². The van der Waals surface area contributed by atoms with Gasteiger partial charge in [-0.05, 0) is 53.4 Å². The maximum Gasteiger partial charge on any atom is 0.353 e. The Labute approximate surface area is 148 Å². The van der Waals surface area contributed by atoms with Gasteiger partial charge in [0.2, 0.25) is 11.6 Å². The Kier molecular flexibility index (Phi) is 4.57. The van der Waals surface area contributed by atoms with Crippen LogP contribution in [0.25, 0.3) is 0 Å². The average molecular weight is 348 g/mol. The van der Waals surface area contributed by atoms with E-state index >= 15 is 0 Å². The van der Waals surface area contributed by atoms with Crippen molar-refractivity contribution in [3.05, 3.63) is 16.4 Å². The lowest BCUT2D eigenvalue weighted by molar-refractivity contribution is -0.383. The van der Waals surface area contributed by atoms with Crippen LogP contribution in [0.5, 0.6) is 0 Å². The second kappa shape index (κ2) is 6.40. The van der Waals surface area contributed by atoms with Crippen molar-refractivity contribution in [2.75, 3.05) is 23.3 Å². The first-order valence-corrected chi connectivity index (χ1v) is 8.97. The van der Waals surface area contributed by atoms with Crippen molar-refractivity contribution in [2.24, 2.45) is 0 Å². The molecule has 0 amide bonds. The third-order valence-corrected chi connectivity index (χ3v) is 4.92. The Morgan fingerprint density at radius 2 is 1.80 bits per heavy atom. The van der Waals surface area contributed by atoms with Crippen LogP contribution >= 0.6 is 0 Å². The first-order valence-electron chi connectivity index (χ1n) is 8.97. The molecule has 3 heterocycles. The lowest BCUT2D eigenvalue weighted by atomic mass is 9.79. The molecule has 2 saturated heterocycles. The summed E-state index contributed by atoms with van der Waals surface area (Å²) in [5.74, 6) is 0.771. The van der Waals surface area contributed by atoms with Crippen molar-refractivity contribution in [1.29, 1.82) is 0 Å². The van der Waals surface area contributed by atoms with E-state index in [1.165, 1.54) is 6.33 Å². The van der Waals surface area contributed by atoms with Crippen molar-refractivity contribution in [2.45, 2.75) is 70.5 Å². The number of anilines is 2. The quantitative estimate of drug-likeness (QED) is 0.638. The third-order valence-electron chi connectivity index (χ3n) is 4.92. The van der Waals surface area contributed by atoms with E-state index in [0.717, 1.165) is 38.8 Å². The minimum Gasteiger partial charge on any atom is -0.361 e. The molecular weight excluding hydrogens is 320 g/mol. The smallest absolute Gasteiger partial charge is 0.353 e. The largest absolute Gasteiger partial charge is 0.361 e. The molecule has 8 heteroatoms. The Morgan fingerprint density at radius 1 is 1.20 bits per heavy atom. The van der Waals surface area contributed by atoms with Gasteiger partial charge in [-0.1, -0.05) is 0 Å². The molecular formula is C17H28N6O2. The summed E-state index contributed by atoms with van der Waals surface area (Å²) >= 11 is 0. The number of nitrogens with one attached hydrogen (secondary N) is 2. The van der Waals surface area contributed by atoms with Crippen molar-refractivity contribution in [1.82, 2.24) is 15.3 Å². The van der Waals surface area contributed by atoms with Gasteiger partial charge in [0.15, 0.2) is 0 Å². The van der Waals surface area contributed by atoms with Gasteiger partial charge in [0.25, 0.3) is 0 Å². The van der Waals surface area contributed by atoms with Crippen LogP contribution in [0.2, 0.25) is 0 Å². The highest BCUT2D eigenvalue weighted by molar-refractivity contribution is 5.70. The summed E-state index contributed by atoms with van der Waals surface area (Å²) in [5.41, 5.74) is -0.0866. The van der Waals surface area contributed by atoms with Gasteiger partial charge in [0.05, 0.1) is 4.92 Å². The molecule has 2 fully saturated rings. The van der Waals surface area contributed by atoms with E-state index in [-0.39, 0.29) is 27.7 Å². The molecule has 0 spiro atoms. The van der Waals surface area contributed by atoms with E-state index in [2.05, 4.69) is 48.3 Å². The fourth-order valence-electron chi connectivity index (χ4n) is 4.42. The summed E-state index contributed by atoms with van der Waals surface area (Å²) < 4.78 is 0. The van der Waals surface area contributed by atoms with E-state index < -0.39 is 0 Å². The minimum absolute atomic E-state index is 0.00135. The summed E-state index contributed by atoms with van der Waals surface area (Å²) in [6.45, 7) is 10.3. The molecule has 1 aromatic rings. The molecule has 138 valence electrons. The summed E-state index contributed by atoms with van der Waals surface area (Å²) in [6.07, 6.45) is 5.26. The number of hydrogen-bond donors (Lipinski definition) is 2. The van der Waals surface area contributed by atoms with Gasteiger partial charge in [-0.2, -0.15) is 0 Å². The van der Waals surface area contributed by atoms with Crippen LogP contribution in [0, 0.1) is 10.1 Å². The molecule has 3 rings (SSSR count). The normalized spacial score (nSPS) is 22.8. The van der Waals surface area contributed by atoms with Crippen LogP contribution in [-0.4, -0.2) is 45.1 Å². The van der Waals surface area contributed by atoms with Crippen LogP contribution in [0.4, 0.5) is 17.3 Å². The van der Waals surface area contributed by atoms with Crippen LogP contribution in [0.3, 0.4) is 0 Å². The fraction of sp³-hybridized carbons (Fsp3) is 0.765. The SMILES string of the molecule is CC1(C)CC(Nc2ncnc(N3CCCC3)c2[N+](=O)[O-])CC(C)(C)N1. The number of nitro groups is 1. The second-order valence-electron chi connectivity index (χ2n) is 8.49. The zero-order valence-corrected chi connectivity index (χ0v) is 15.5. The lowest BCUT2D eigenvalue weighted by Gasteiger charge is -2.46. The molecule has 0 radical (unpaired) electrons. The van der Waals surface area contributed by atoms with Gasteiger partial charge >= 0.3 is 5.69 Å². The first-order chi connectivity index (χ1) is 11.7. The summed E-state index contributed by atoms with van der Waals surface area (Å²) in [5, 5.41) is 18.7. The second-order valence-corrected chi connectivity index (χ2v) is 8.49. The van der Waals surface area contributed by atoms with Crippen LogP contribution < -0.4 is 15.5 Å². The van der Waals surface area contributed by atoms with Gasteiger partial charge in [0, 0.05) is 30.2 Å². The summed E-state index contributed by atoms with van der Waals surface area (Å²) in [7, 11) is 0.